The van der Waals surface area contributed by atoms with E-state index in [1.54, 1.807) is 39.0 Å². The van der Waals surface area contributed by atoms with Gasteiger partial charge in [-0.2, -0.15) is 0 Å². The molecule has 0 spiro atoms. The standard InChI is InChI=1S/C19H23NO5/c1-19(2,3)25-18(24)20(9-8-17(22)23)12-13-4-5-15-11-16(21)7-6-14(15)10-13/h4-7,10-11,21H,8-9,12H2,1-3H3,(H,22,23). The van der Waals surface area contributed by atoms with Crippen LogP contribution in [0.3, 0.4) is 0 Å². The van der Waals surface area contributed by atoms with Gasteiger partial charge in [0.1, 0.15) is 11.4 Å². The Hall–Kier alpha value is -2.76. The molecule has 0 radical (unpaired) electrons. The second kappa shape index (κ2) is 7.42. The number of aliphatic carboxylic acids is 1. The number of amides is 1. The number of carboxylic acids is 1. The van der Waals surface area contributed by atoms with E-state index in [-0.39, 0.29) is 25.3 Å². The quantitative estimate of drug-likeness (QED) is 0.861. The molecule has 2 aromatic carbocycles. The lowest BCUT2D eigenvalue weighted by Crippen LogP contribution is -2.37. The molecule has 0 atom stereocenters. The summed E-state index contributed by atoms with van der Waals surface area (Å²) in [5, 5.41) is 20.2. The molecule has 6 nitrogen and oxygen atoms in total. The largest absolute Gasteiger partial charge is 0.508 e. The third-order valence-electron chi connectivity index (χ3n) is 3.51. The Morgan fingerprint density at radius 2 is 1.72 bits per heavy atom. The SMILES string of the molecule is CC(C)(C)OC(=O)N(CCC(=O)O)Cc1ccc2cc(O)ccc2c1. The number of fused-ring (bicyclic) bond motifs is 1. The lowest BCUT2D eigenvalue weighted by molar-refractivity contribution is -0.137. The van der Waals surface area contributed by atoms with Crippen molar-refractivity contribution >= 4 is 22.8 Å². The molecule has 0 saturated carbocycles. The molecular formula is C19H23NO5. The van der Waals surface area contributed by atoms with Crippen LogP contribution in [0, 0.1) is 0 Å². The molecule has 1 amide bonds. The zero-order valence-corrected chi connectivity index (χ0v) is 14.7. The van der Waals surface area contributed by atoms with Crippen LogP contribution in [0.5, 0.6) is 5.75 Å². The topological polar surface area (TPSA) is 87.1 Å². The van der Waals surface area contributed by atoms with Crippen LogP contribution in [-0.4, -0.2) is 39.3 Å². The molecule has 6 heteroatoms. The van der Waals surface area contributed by atoms with Crippen LogP contribution in [-0.2, 0) is 16.1 Å². The van der Waals surface area contributed by atoms with Crippen LogP contribution in [0.15, 0.2) is 36.4 Å². The average molecular weight is 345 g/mol. The van der Waals surface area contributed by atoms with Crippen molar-refractivity contribution in [3.05, 3.63) is 42.0 Å². The van der Waals surface area contributed by atoms with Crippen molar-refractivity contribution in [2.45, 2.75) is 39.3 Å². The van der Waals surface area contributed by atoms with Gasteiger partial charge >= 0.3 is 12.1 Å². The maximum absolute atomic E-state index is 12.4. The van der Waals surface area contributed by atoms with Gasteiger partial charge in [-0.15, -0.1) is 0 Å². The highest BCUT2D eigenvalue weighted by atomic mass is 16.6. The van der Waals surface area contributed by atoms with E-state index in [9.17, 15) is 14.7 Å². The normalized spacial score (nSPS) is 11.3. The van der Waals surface area contributed by atoms with Crippen molar-refractivity contribution in [3.63, 3.8) is 0 Å². The van der Waals surface area contributed by atoms with E-state index in [1.165, 1.54) is 4.90 Å². The number of hydrogen-bond donors (Lipinski definition) is 2. The van der Waals surface area contributed by atoms with E-state index in [2.05, 4.69) is 0 Å². The Labute approximate surface area is 146 Å². The summed E-state index contributed by atoms with van der Waals surface area (Å²) < 4.78 is 5.37. The number of carbonyl (C=O) groups is 2. The number of ether oxygens (including phenoxy) is 1. The molecule has 0 heterocycles. The number of benzene rings is 2. The van der Waals surface area contributed by atoms with Gasteiger partial charge in [-0.3, -0.25) is 4.79 Å². The molecule has 2 N–H and O–H groups in total. The second-order valence-electron chi connectivity index (χ2n) is 6.91. The van der Waals surface area contributed by atoms with Gasteiger partial charge in [0.25, 0.3) is 0 Å². The van der Waals surface area contributed by atoms with Crippen LogP contribution in [0.1, 0.15) is 32.8 Å². The Kier molecular flexibility index (Phi) is 5.51. The summed E-state index contributed by atoms with van der Waals surface area (Å²) in [4.78, 5) is 24.6. The van der Waals surface area contributed by atoms with Crippen molar-refractivity contribution in [1.82, 2.24) is 4.90 Å². The van der Waals surface area contributed by atoms with E-state index in [0.29, 0.717) is 0 Å². The maximum atomic E-state index is 12.4. The molecule has 0 bridgehead atoms. The first-order valence-corrected chi connectivity index (χ1v) is 8.05. The van der Waals surface area contributed by atoms with E-state index >= 15 is 0 Å². The smallest absolute Gasteiger partial charge is 0.410 e. The Balaban J connectivity index is 2.21. The summed E-state index contributed by atoms with van der Waals surface area (Å²) >= 11 is 0. The monoisotopic (exact) mass is 345 g/mol. The molecule has 0 aromatic heterocycles. The van der Waals surface area contributed by atoms with Gasteiger partial charge in [-0.25, -0.2) is 4.79 Å². The molecule has 2 aromatic rings. The number of aromatic hydroxyl groups is 1. The predicted molar refractivity (Wildman–Crippen MR) is 94.5 cm³/mol. The fourth-order valence-electron chi connectivity index (χ4n) is 2.39. The third kappa shape index (κ3) is 5.67. The lowest BCUT2D eigenvalue weighted by atomic mass is 10.1. The Morgan fingerprint density at radius 3 is 2.36 bits per heavy atom. The van der Waals surface area contributed by atoms with Crippen molar-refractivity contribution in [3.8, 4) is 5.75 Å². The van der Waals surface area contributed by atoms with Gasteiger partial charge in [-0.1, -0.05) is 18.2 Å². The number of carboxylic acid groups (broad SMARTS) is 1. The van der Waals surface area contributed by atoms with Gasteiger partial charge < -0.3 is 19.8 Å². The summed E-state index contributed by atoms with van der Waals surface area (Å²) in [6, 6.07) is 10.7. The first-order valence-electron chi connectivity index (χ1n) is 8.05. The van der Waals surface area contributed by atoms with Gasteiger partial charge in [0.15, 0.2) is 0 Å². The predicted octanol–water partition coefficient (Wildman–Crippen LogP) is 3.76. The van der Waals surface area contributed by atoms with Crippen molar-refractivity contribution in [2.75, 3.05) is 6.54 Å². The molecule has 25 heavy (non-hydrogen) atoms. The number of nitrogens with zero attached hydrogens (tertiary/aromatic N) is 1. The molecule has 0 aliphatic carbocycles. The molecule has 134 valence electrons. The first-order chi connectivity index (χ1) is 11.6. The zero-order chi connectivity index (χ0) is 18.6. The number of carbonyl (C=O) groups excluding carboxylic acids is 1. The number of phenols is 1. The van der Waals surface area contributed by atoms with E-state index in [1.807, 2.05) is 18.2 Å². The maximum Gasteiger partial charge on any atom is 0.410 e. The molecule has 0 aliphatic heterocycles. The molecule has 0 fully saturated rings. The Morgan fingerprint density at radius 1 is 1.08 bits per heavy atom. The minimum atomic E-state index is -0.970. The van der Waals surface area contributed by atoms with Crippen molar-refractivity contribution in [1.29, 1.82) is 0 Å². The molecular weight excluding hydrogens is 322 g/mol. The van der Waals surface area contributed by atoms with Gasteiger partial charge in [0.2, 0.25) is 0 Å². The van der Waals surface area contributed by atoms with E-state index in [4.69, 9.17) is 9.84 Å². The second-order valence-corrected chi connectivity index (χ2v) is 6.91. The Bertz CT molecular complexity index is 779. The number of hydrogen-bond acceptors (Lipinski definition) is 4. The van der Waals surface area contributed by atoms with Crippen LogP contribution < -0.4 is 0 Å². The molecule has 0 aliphatic rings. The van der Waals surface area contributed by atoms with Crippen LogP contribution in [0.2, 0.25) is 0 Å². The summed E-state index contributed by atoms with van der Waals surface area (Å²) in [6.45, 7) is 5.62. The number of rotatable bonds is 5. The fourth-order valence-corrected chi connectivity index (χ4v) is 2.39. The summed E-state index contributed by atoms with van der Waals surface area (Å²) in [5.41, 5.74) is 0.203. The minimum absolute atomic E-state index is 0.0673. The van der Waals surface area contributed by atoms with Crippen LogP contribution >= 0.6 is 0 Å². The molecule has 0 saturated heterocycles. The molecule has 0 unspecified atom stereocenters. The zero-order valence-electron chi connectivity index (χ0n) is 14.7. The van der Waals surface area contributed by atoms with Gasteiger partial charge in [-0.05, 0) is 55.3 Å². The lowest BCUT2D eigenvalue weighted by Gasteiger charge is -2.27. The minimum Gasteiger partial charge on any atom is -0.508 e. The first kappa shape index (κ1) is 18.6. The van der Waals surface area contributed by atoms with E-state index in [0.717, 1.165) is 16.3 Å². The summed E-state index contributed by atoms with van der Waals surface area (Å²) in [6.07, 6.45) is -0.694. The highest BCUT2D eigenvalue weighted by Gasteiger charge is 2.22. The summed E-state index contributed by atoms with van der Waals surface area (Å²) in [7, 11) is 0. The van der Waals surface area contributed by atoms with Crippen molar-refractivity contribution < 1.29 is 24.5 Å². The van der Waals surface area contributed by atoms with Crippen LogP contribution in [0.25, 0.3) is 10.8 Å². The average Bonchev–Trinajstić information content (AvgIpc) is 2.49. The fraction of sp³-hybridized carbons (Fsp3) is 0.368. The summed E-state index contributed by atoms with van der Waals surface area (Å²) in [5.74, 6) is -0.778. The van der Waals surface area contributed by atoms with E-state index < -0.39 is 17.7 Å². The van der Waals surface area contributed by atoms with Crippen LogP contribution in [0.4, 0.5) is 4.79 Å². The highest BCUT2D eigenvalue weighted by molar-refractivity contribution is 5.84. The molecule has 2 rings (SSSR count). The third-order valence-corrected chi connectivity index (χ3v) is 3.51. The van der Waals surface area contributed by atoms with Crippen molar-refractivity contribution in [2.24, 2.45) is 0 Å². The van der Waals surface area contributed by atoms with Gasteiger partial charge in [0, 0.05) is 13.1 Å². The number of phenolic OH excluding ortho intramolecular Hbond substituents is 1. The van der Waals surface area contributed by atoms with Gasteiger partial charge in [0.05, 0.1) is 6.42 Å². The highest BCUT2D eigenvalue weighted by Crippen LogP contribution is 2.22.